The summed E-state index contributed by atoms with van der Waals surface area (Å²) in [7, 11) is 1.98. The van der Waals surface area contributed by atoms with Crippen molar-refractivity contribution in [2.75, 3.05) is 0 Å². The van der Waals surface area contributed by atoms with E-state index in [1.54, 1.807) is 19.1 Å². The van der Waals surface area contributed by atoms with Crippen LogP contribution < -0.4 is 0 Å². The molecule has 0 spiro atoms. The summed E-state index contributed by atoms with van der Waals surface area (Å²) in [5.41, 5.74) is 1.68. The summed E-state index contributed by atoms with van der Waals surface area (Å²) in [5.74, 6) is -0.131. The standard InChI is InChI=1S/C8H9BBrF/c1-5-2-3-6(8(9)10)4-7(5)11/h2-4,8H,9H2,1H3. The number of aryl methyl sites for hydroxylation is 1. The quantitative estimate of drug-likeness (QED) is 0.497. The number of alkyl halides is 1. The molecule has 0 aliphatic heterocycles. The molecule has 0 saturated carbocycles. The highest BCUT2D eigenvalue weighted by atomic mass is 79.9. The summed E-state index contributed by atoms with van der Waals surface area (Å²) >= 11 is 3.37. The number of benzene rings is 1. The molecule has 0 amide bonds. The van der Waals surface area contributed by atoms with Crippen LogP contribution in [0.25, 0.3) is 0 Å². The highest BCUT2D eigenvalue weighted by Gasteiger charge is 2.03. The molecule has 0 bridgehead atoms. The Morgan fingerprint density at radius 3 is 2.64 bits per heavy atom. The van der Waals surface area contributed by atoms with E-state index in [-0.39, 0.29) is 10.5 Å². The predicted molar refractivity (Wildman–Crippen MR) is 51.3 cm³/mol. The van der Waals surface area contributed by atoms with Gasteiger partial charge in [-0.05, 0) is 24.1 Å². The van der Waals surface area contributed by atoms with Crippen LogP contribution in [0, 0.1) is 12.7 Å². The van der Waals surface area contributed by atoms with Gasteiger partial charge in [0.15, 0.2) is 0 Å². The summed E-state index contributed by atoms with van der Waals surface area (Å²) in [6.45, 7) is 1.76. The average molecular weight is 215 g/mol. The van der Waals surface area contributed by atoms with Crippen molar-refractivity contribution < 1.29 is 4.39 Å². The van der Waals surface area contributed by atoms with Gasteiger partial charge in [0, 0.05) is 4.73 Å². The summed E-state index contributed by atoms with van der Waals surface area (Å²) in [4.78, 5) is 0. The van der Waals surface area contributed by atoms with E-state index in [0.717, 1.165) is 5.56 Å². The fraction of sp³-hybridized carbons (Fsp3) is 0.250. The second kappa shape index (κ2) is 3.39. The van der Waals surface area contributed by atoms with Crippen molar-refractivity contribution in [1.82, 2.24) is 0 Å². The van der Waals surface area contributed by atoms with E-state index < -0.39 is 0 Å². The zero-order valence-electron chi connectivity index (χ0n) is 6.57. The SMILES string of the molecule is BC(Br)c1ccc(C)c(F)c1. The van der Waals surface area contributed by atoms with Gasteiger partial charge in [-0.25, -0.2) is 4.39 Å². The topological polar surface area (TPSA) is 0 Å². The largest absolute Gasteiger partial charge is 0.207 e. The summed E-state index contributed by atoms with van der Waals surface area (Å²) < 4.78 is 13.1. The minimum Gasteiger partial charge on any atom is -0.207 e. The number of hydrogen-bond donors (Lipinski definition) is 0. The number of halogens is 2. The van der Waals surface area contributed by atoms with Crippen molar-refractivity contribution in [3.63, 3.8) is 0 Å². The van der Waals surface area contributed by atoms with Crippen LogP contribution in [0.5, 0.6) is 0 Å². The van der Waals surface area contributed by atoms with Crippen LogP contribution in [0.15, 0.2) is 18.2 Å². The first-order valence-electron chi connectivity index (χ1n) is 3.51. The molecule has 0 N–H and O–H groups in total. The Hall–Kier alpha value is -0.305. The maximum absolute atomic E-state index is 12.9. The molecule has 0 aliphatic carbocycles. The van der Waals surface area contributed by atoms with Gasteiger partial charge in [0.2, 0.25) is 0 Å². The van der Waals surface area contributed by atoms with Gasteiger partial charge in [0.05, 0.1) is 0 Å². The van der Waals surface area contributed by atoms with Gasteiger partial charge in [-0.1, -0.05) is 28.1 Å². The molecule has 3 heteroatoms. The normalized spacial score (nSPS) is 13.0. The molecular formula is C8H9BBrF. The predicted octanol–water partition coefficient (Wildman–Crippen LogP) is 2.16. The first-order chi connectivity index (χ1) is 5.11. The van der Waals surface area contributed by atoms with E-state index in [1.165, 1.54) is 0 Å². The Morgan fingerprint density at radius 2 is 2.18 bits per heavy atom. The second-order valence-electron chi connectivity index (χ2n) is 2.62. The lowest BCUT2D eigenvalue weighted by molar-refractivity contribution is 0.617. The lowest BCUT2D eigenvalue weighted by Crippen LogP contribution is -1.90. The highest BCUT2D eigenvalue weighted by Crippen LogP contribution is 2.20. The molecule has 0 heterocycles. The fourth-order valence-corrected chi connectivity index (χ4v) is 1.14. The molecule has 1 rings (SSSR count). The Bertz CT molecular complexity index is 260. The summed E-state index contributed by atoms with van der Waals surface area (Å²) in [6.07, 6.45) is 0. The highest BCUT2D eigenvalue weighted by molar-refractivity contribution is 9.09. The van der Waals surface area contributed by atoms with Gasteiger partial charge < -0.3 is 0 Å². The third kappa shape index (κ3) is 2.06. The summed E-state index contributed by atoms with van der Waals surface area (Å²) in [6, 6.07) is 5.29. The van der Waals surface area contributed by atoms with Crippen molar-refractivity contribution in [2.24, 2.45) is 0 Å². The van der Waals surface area contributed by atoms with Gasteiger partial charge in [-0.3, -0.25) is 0 Å². The molecule has 0 fully saturated rings. The van der Waals surface area contributed by atoms with Gasteiger partial charge in [0.1, 0.15) is 13.7 Å². The number of rotatable bonds is 1. The smallest absolute Gasteiger partial charge is 0.126 e. The van der Waals surface area contributed by atoms with E-state index in [9.17, 15) is 4.39 Å². The molecule has 1 atom stereocenters. The first-order valence-corrected chi connectivity index (χ1v) is 4.43. The average Bonchev–Trinajstić information content (AvgIpc) is 1.94. The lowest BCUT2D eigenvalue weighted by atomic mass is 9.96. The van der Waals surface area contributed by atoms with Crippen molar-refractivity contribution in [3.05, 3.63) is 35.1 Å². The summed E-state index contributed by atoms with van der Waals surface area (Å²) in [5, 5.41) is 0. The molecule has 1 aromatic rings. The Balaban J connectivity index is 3.05. The Labute approximate surface area is 75.3 Å². The van der Waals surface area contributed by atoms with Crippen LogP contribution in [-0.2, 0) is 0 Å². The Kier molecular flexibility index (Phi) is 2.71. The minimum atomic E-state index is -0.131. The van der Waals surface area contributed by atoms with Crippen LogP contribution in [0.1, 0.15) is 15.9 Å². The molecule has 11 heavy (non-hydrogen) atoms. The zero-order chi connectivity index (χ0) is 8.43. The molecule has 0 radical (unpaired) electrons. The molecule has 1 aromatic carbocycles. The van der Waals surface area contributed by atoms with Crippen molar-refractivity contribution in [3.8, 4) is 0 Å². The monoisotopic (exact) mass is 214 g/mol. The number of hydrogen-bond acceptors (Lipinski definition) is 0. The second-order valence-corrected chi connectivity index (χ2v) is 4.00. The van der Waals surface area contributed by atoms with Crippen molar-refractivity contribution in [1.29, 1.82) is 0 Å². The van der Waals surface area contributed by atoms with E-state index in [1.807, 2.05) is 13.9 Å². The van der Waals surface area contributed by atoms with Crippen LogP contribution in [0.3, 0.4) is 0 Å². The molecule has 0 nitrogen and oxygen atoms in total. The molecule has 0 aliphatic rings. The molecule has 58 valence electrons. The van der Waals surface area contributed by atoms with E-state index >= 15 is 0 Å². The van der Waals surface area contributed by atoms with Gasteiger partial charge >= 0.3 is 0 Å². The molecule has 1 unspecified atom stereocenters. The van der Waals surface area contributed by atoms with Crippen LogP contribution in [0.2, 0.25) is 0 Å². The van der Waals surface area contributed by atoms with Crippen molar-refractivity contribution >= 4 is 23.8 Å². The minimum absolute atomic E-state index is 0.131. The van der Waals surface area contributed by atoms with Crippen LogP contribution in [-0.4, -0.2) is 7.85 Å². The van der Waals surface area contributed by atoms with E-state index in [4.69, 9.17) is 0 Å². The van der Waals surface area contributed by atoms with E-state index in [2.05, 4.69) is 15.9 Å². The fourth-order valence-electron chi connectivity index (χ4n) is 0.857. The molecular weight excluding hydrogens is 206 g/mol. The van der Waals surface area contributed by atoms with Gasteiger partial charge in [-0.15, -0.1) is 0 Å². The Morgan fingerprint density at radius 1 is 1.55 bits per heavy atom. The lowest BCUT2D eigenvalue weighted by Gasteiger charge is -2.04. The van der Waals surface area contributed by atoms with Crippen LogP contribution in [0.4, 0.5) is 4.39 Å². The maximum Gasteiger partial charge on any atom is 0.126 e. The molecule has 0 saturated heterocycles. The zero-order valence-corrected chi connectivity index (χ0v) is 8.15. The maximum atomic E-state index is 12.9. The van der Waals surface area contributed by atoms with Gasteiger partial charge in [0.25, 0.3) is 0 Å². The van der Waals surface area contributed by atoms with Crippen molar-refractivity contribution in [2.45, 2.75) is 11.7 Å². The van der Waals surface area contributed by atoms with E-state index in [0.29, 0.717) is 5.56 Å². The first kappa shape index (κ1) is 8.79. The van der Waals surface area contributed by atoms with Gasteiger partial charge in [-0.2, -0.15) is 0 Å². The van der Waals surface area contributed by atoms with Crippen LogP contribution >= 0.6 is 15.9 Å². The molecule has 0 aromatic heterocycles. The third-order valence-corrected chi connectivity index (χ3v) is 2.18. The third-order valence-electron chi connectivity index (χ3n) is 1.66.